The molecule has 1 fully saturated rings. The Morgan fingerprint density at radius 2 is 1.65 bits per heavy atom. The minimum Gasteiger partial charge on any atom is -0.493 e. The zero-order valence-electron chi connectivity index (χ0n) is 15.2. The second kappa shape index (κ2) is 10.8. The summed E-state index contributed by atoms with van der Waals surface area (Å²) in [7, 11) is 4.98. The molecule has 0 radical (unpaired) electrons. The van der Waals surface area contributed by atoms with Crippen molar-refractivity contribution in [3.05, 3.63) is 40.1 Å². The van der Waals surface area contributed by atoms with Gasteiger partial charge in [-0.15, -0.1) is 36.2 Å². The molecule has 5 nitrogen and oxygen atoms in total. The van der Waals surface area contributed by atoms with Gasteiger partial charge in [0.25, 0.3) is 0 Å². The Morgan fingerprint density at radius 1 is 0.962 bits per heavy atom. The second-order valence-electron chi connectivity index (χ2n) is 5.63. The third kappa shape index (κ3) is 4.56. The largest absolute Gasteiger partial charge is 0.493 e. The van der Waals surface area contributed by atoms with E-state index in [1.165, 1.54) is 4.88 Å². The highest BCUT2D eigenvalue weighted by Gasteiger charge is 2.29. The van der Waals surface area contributed by atoms with E-state index in [0.717, 1.165) is 37.5 Å². The molecule has 2 aromatic rings. The van der Waals surface area contributed by atoms with Gasteiger partial charge in [-0.1, -0.05) is 6.07 Å². The Hall–Kier alpha value is -1.18. The maximum absolute atomic E-state index is 5.74. The molecule has 26 heavy (non-hydrogen) atoms. The molecular formula is C18H26Cl2N2O3S. The molecule has 0 spiro atoms. The third-order valence-electron chi connectivity index (χ3n) is 4.36. The van der Waals surface area contributed by atoms with E-state index in [2.05, 4.69) is 33.8 Å². The minimum absolute atomic E-state index is 0. The first-order chi connectivity index (χ1) is 11.8. The van der Waals surface area contributed by atoms with Crippen LogP contribution in [0, 0.1) is 0 Å². The second-order valence-corrected chi connectivity index (χ2v) is 6.61. The Morgan fingerprint density at radius 3 is 2.19 bits per heavy atom. The van der Waals surface area contributed by atoms with E-state index in [4.69, 9.17) is 14.2 Å². The average molecular weight is 421 g/mol. The Balaban J connectivity index is 0.00000169. The first-order valence-corrected chi connectivity index (χ1v) is 8.95. The van der Waals surface area contributed by atoms with Crippen molar-refractivity contribution >= 4 is 36.2 Å². The van der Waals surface area contributed by atoms with E-state index >= 15 is 0 Å². The highest BCUT2D eigenvalue weighted by molar-refractivity contribution is 7.10. The van der Waals surface area contributed by atoms with Crippen LogP contribution in [-0.4, -0.2) is 52.4 Å². The molecule has 1 aromatic heterocycles. The van der Waals surface area contributed by atoms with Crippen LogP contribution >= 0.6 is 36.2 Å². The quantitative estimate of drug-likeness (QED) is 0.772. The van der Waals surface area contributed by atoms with E-state index < -0.39 is 0 Å². The van der Waals surface area contributed by atoms with Gasteiger partial charge < -0.3 is 19.5 Å². The summed E-state index contributed by atoms with van der Waals surface area (Å²) in [6, 6.07) is 8.49. The van der Waals surface area contributed by atoms with Gasteiger partial charge in [-0.3, -0.25) is 4.90 Å². The number of methoxy groups -OCH3 is 3. The maximum atomic E-state index is 5.74. The number of nitrogens with zero attached hydrogens (tertiary/aromatic N) is 1. The molecule has 8 heteroatoms. The molecule has 0 saturated carbocycles. The molecule has 0 amide bonds. The topological polar surface area (TPSA) is 43.0 Å². The number of piperazine rings is 1. The van der Waals surface area contributed by atoms with E-state index in [0.29, 0.717) is 11.5 Å². The van der Waals surface area contributed by atoms with Crippen molar-refractivity contribution < 1.29 is 14.2 Å². The number of ether oxygens (including phenoxy) is 3. The van der Waals surface area contributed by atoms with Gasteiger partial charge in [-0.25, -0.2) is 0 Å². The molecule has 2 heterocycles. The Bertz CT molecular complexity index is 665. The SMILES string of the molecule is COc1ccc([C@H](c2cccs2)N2CCNCC2)c(OC)c1OC.Cl.Cl. The molecule has 1 aliphatic heterocycles. The first kappa shape index (κ1) is 22.9. The number of benzene rings is 1. The number of hydrogen-bond acceptors (Lipinski definition) is 6. The van der Waals surface area contributed by atoms with Gasteiger partial charge in [0.05, 0.1) is 27.4 Å². The van der Waals surface area contributed by atoms with Crippen LogP contribution in [0.4, 0.5) is 0 Å². The van der Waals surface area contributed by atoms with E-state index in [-0.39, 0.29) is 30.9 Å². The lowest BCUT2D eigenvalue weighted by atomic mass is 10.0. The smallest absolute Gasteiger partial charge is 0.203 e. The predicted octanol–water partition coefficient (Wildman–Crippen LogP) is 3.61. The normalized spacial score (nSPS) is 15.3. The van der Waals surface area contributed by atoms with E-state index in [1.54, 1.807) is 32.7 Å². The maximum Gasteiger partial charge on any atom is 0.203 e. The molecule has 0 bridgehead atoms. The summed E-state index contributed by atoms with van der Waals surface area (Å²) in [5.74, 6) is 2.08. The standard InChI is InChI=1S/C18H24N2O3S.2ClH/c1-21-14-7-6-13(17(22-2)18(14)23-3)16(15-5-4-12-24-15)20-10-8-19-9-11-20;;/h4-7,12,16,19H,8-11H2,1-3H3;2*1H/t16-;;/m1../s1. The van der Waals surface area contributed by atoms with Crippen molar-refractivity contribution in [2.45, 2.75) is 6.04 Å². The summed E-state index contributed by atoms with van der Waals surface area (Å²) in [6.45, 7) is 4.00. The molecule has 0 aliphatic carbocycles. The van der Waals surface area contributed by atoms with Crippen molar-refractivity contribution in [3.63, 3.8) is 0 Å². The summed E-state index contributed by atoms with van der Waals surface area (Å²) in [5.41, 5.74) is 1.11. The lowest BCUT2D eigenvalue weighted by Gasteiger charge is -2.35. The summed E-state index contributed by atoms with van der Waals surface area (Å²) >= 11 is 1.77. The summed E-state index contributed by atoms with van der Waals surface area (Å²) < 4.78 is 16.7. The van der Waals surface area contributed by atoms with Crippen LogP contribution < -0.4 is 19.5 Å². The number of nitrogens with one attached hydrogen (secondary N) is 1. The van der Waals surface area contributed by atoms with Gasteiger partial charge in [-0.05, 0) is 23.6 Å². The van der Waals surface area contributed by atoms with Crippen LogP contribution in [0.15, 0.2) is 29.6 Å². The number of thiophene rings is 1. The molecule has 1 N–H and O–H groups in total. The molecule has 1 aromatic carbocycles. The van der Waals surface area contributed by atoms with E-state index in [9.17, 15) is 0 Å². The highest BCUT2D eigenvalue weighted by atomic mass is 35.5. The van der Waals surface area contributed by atoms with Crippen LogP contribution in [0.3, 0.4) is 0 Å². The van der Waals surface area contributed by atoms with Crippen molar-refractivity contribution in [2.24, 2.45) is 0 Å². The number of hydrogen-bond donors (Lipinski definition) is 1. The summed E-state index contributed by atoms with van der Waals surface area (Å²) in [6.07, 6.45) is 0. The van der Waals surface area contributed by atoms with Crippen molar-refractivity contribution in [3.8, 4) is 17.2 Å². The average Bonchev–Trinajstić information content (AvgIpc) is 3.16. The van der Waals surface area contributed by atoms with Gasteiger partial charge in [0, 0.05) is 36.6 Å². The number of rotatable bonds is 6. The molecule has 1 aliphatic rings. The van der Waals surface area contributed by atoms with Crippen molar-refractivity contribution in [1.29, 1.82) is 0 Å². The van der Waals surface area contributed by atoms with Crippen molar-refractivity contribution in [1.82, 2.24) is 10.2 Å². The predicted molar refractivity (Wildman–Crippen MR) is 111 cm³/mol. The number of halogens is 2. The molecule has 0 unspecified atom stereocenters. The van der Waals surface area contributed by atoms with Gasteiger partial charge in [-0.2, -0.15) is 0 Å². The van der Waals surface area contributed by atoms with Crippen LogP contribution in [0.25, 0.3) is 0 Å². The highest BCUT2D eigenvalue weighted by Crippen LogP contribution is 2.45. The Labute approximate surface area is 171 Å². The van der Waals surface area contributed by atoms with Gasteiger partial charge in [0.1, 0.15) is 0 Å². The summed E-state index contributed by atoms with van der Waals surface area (Å²) in [5, 5.41) is 5.54. The molecule has 1 atom stereocenters. The third-order valence-corrected chi connectivity index (χ3v) is 5.28. The first-order valence-electron chi connectivity index (χ1n) is 8.07. The molecule has 3 rings (SSSR count). The lowest BCUT2D eigenvalue weighted by molar-refractivity contribution is 0.196. The van der Waals surface area contributed by atoms with Crippen LogP contribution in [0.1, 0.15) is 16.5 Å². The lowest BCUT2D eigenvalue weighted by Crippen LogP contribution is -2.45. The van der Waals surface area contributed by atoms with Crippen LogP contribution in [0.5, 0.6) is 17.2 Å². The van der Waals surface area contributed by atoms with Crippen LogP contribution in [-0.2, 0) is 0 Å². The van der Waals surface area contributed by atoms with Gasteiger partial charge in [0.15, 0.2) is 11.5 Å². The van der Waals surface area contributed by atoms with Crippen molar-refractivity contribution in [2.75, 3.05) is 47.5 Å². The van der Waals surface area contributed by atoms with E-state index in [1.807, 2.05) is 6.07 Å². The van der Waals surface area contributed by atoms with Gasteiger partial charge >= 0.3 is 0 Å². The fourth-order valence-corrected chi connectivity index (χ4v) is 4.13. The molecular weight excluding hydrogens is 395 g/mol. The fourth-order valence-electron chi connectivity index (χ4n) is 3.26. The molecule has 146 valence electrons. The molecule has 1 saturated heterocycles. The Kier molecular flexibility index (Phi) is 9.54. The zero-order valence-corrected chi connectivity index (χ0v) is 17.6. The van der Waals surface area contributed by atoms with Crippen LogP contribution in [0.2, 0.25) is 0 Å². The minimum atomic E-state index is 0. The fraction of sp³-hybridized carbons (Fsp3) is 0.444. The van der Waals surface area contributed by atoms with Gasteiger partial charge in [0.2, 0.25) is 5.75 Å². The zero-order chi connectivity index (χ0) is 16.9. The monoisotopic (exact) mass is 420 g/mol. The summed E-state index contributed by atoms with van der Waals surface area (Å²) in [4.78, 5) is 3.80.